The number of amides is 1. The smallest absolute Gasteiger partial charge is 0.408 e. The molecule has 0 saturated heterocycles. The first-order valence-corrected chi connectivity index (χ1v) is 14.2. The zero-order chi connectivity index (χ0) is 27.2. The number of aromatic nitrogens is 2. The van der Waals surface area contributed by atoms with Gasteiger partial charge >= 0.3 is 12.1 Å². The lowest BCUT2D eigenvalue weighted by molar-refractivity contribution is -0.137. The summed E-state index contributed by atoms with van der Waals surface area (Å²) in [5, 5.41) is 12.9. The molecule has 3 aromatic rings. The SMILES string of the molecule is Cc1cn(COCC[S+](C)C)c2nccc(Oc3ccc(C(CC(=O)O)NC(=O)OC(C)(C)C)cc3)c12. The Labute approximate surface area is 220 Å². The van der Waals surface area contributed by atoms with Crippen LogP contribution >= 0.6 is 0 Å². The van der Waals surface area contributed by atoms with E-state index >= 15 is 0 Å². The minimum absolute atomic E-state index is 0.281. The molecule has 2 N–H and O–H groups in total. The summed E-state index contributed by atoms with van der Waals surface area (Å²) in [5.41, 5.74) is 1.74. The van der Waals surface area contributed by atoms with E-state index in [0.29, 0.717) is 41.3 Å². The zero-order valence-corrected chi connectivity index (χ0v) is 23.1. The molecule has 1 amide bonds. The number of hydrogen-bond donors (Lipinski definition) is 2. The van der Waals surface area contributed by atoms with Gasteiger partial charge in [-0.1, -0.05) is 12.1 Å². The van der Waals surface area contributed by atoms with Crippen molar-refractivity contribution < 1.29 is 28.9 Å². The highest BCUT2D eigenvalue weighted by atomic mass is 32.2. The predicted octanol–water partition coefficient (Wildman–Crippen LogP) is 5.03. The number of carboxylic acids is 1. The van der Waals surface area contributed by atoms with E-state index in [1.807, 2.05) is 23.8 Å². The van der Waals surface area contributed by atoms with Gasteiger partial charge in [-0.2, -0.15) is 0 Å². The average molecular weight is 531 g/mol. The number of pyridine rings is 1. The Morgan fingerprint density at radius 3 is 2.49 bits per heavy atom. The number of rotatable bonds is 11. The van der Waals surface area contributed by atoms with E-state index in [0.717, 1.165) is 22.3 Å². The van der Waals surface area contributed by atoms with Crippen molar-refractivity contribution in [3.8, 4) is 11.5 Å². The lowest BCUT2D eigenvalue weighted by Crippen LogP contribution is -2.35. The second-order valence-electron chi connectivity index (χ2n) is 9.98. The van der Waals surface area contributed by atoms with Crippen LogP contribution in [0.5, 0.6) is 11.5 Å². The predicted molar refractivity (Wildman–Crippen MR) is 145 cm³/mol. The van der Waals surface area contributed by atoms with Gasteiger partial charge in [0.2, 0.25) is 0 Å². The number of benzene rings is 1. The number of nitrogens with zero attached hydrogens (tertiary/aromatic N) is 2. The number of carbonyl (C=O) groups excluding carboxylic acids is 1. The number of fused-ring (bicyclic) bond motifs is 1. The van der Waals surface area contributed by atoms with E-state index in [1.54, 1.807) is 51.2 Å². The van der Waals surface area contributed by atoms with Gasteiger partial charge in [-0.05, 0) is 67.9 Å². The second kappa shape index (κ2) is 12.3. The molecule has 37 heavy (non-hydrogen) atoms. The third kappa shape index (κ3) is 8.40. The molecule has 0 saturated carbocycles. The van der Waals surface area contributed by atoms with Gasteiger partial charge in [-0.15, -0.1) is 0 Å². The van der Waals surface area contributed by atoms with Crippen molar-refractivity contribution >= 4 is 34.0 Å². The van der Waals surface area contributed by atoms with Gasteiger partial charge in [0.25, 0.3) is 0 Å². The van der Waals surface area contributed by atoms with Crippen molar-refractivity contribution in [2.75, 3.05) is 24.9 Å². The molecule has 3 rings (SSSR count). The molecule has 0 radical (unpaired) electrons. The van der Waals surface area contributed by atoms with E-state index < -0.39 is 23.7 Å². The van der Waals surface area contributed by atoms with E-state index in [4.69, 9.17) is 14.2 Å². The van der Waals surface area contributed by atoms with E-state index in [-0.39, 0.29) is 6.42 Å². The van der Waals surface area contributed by atoms with Crippen molar-refractivity contribution in [2.45, 2.75) is 52.5 Å². The highest BCUT2D eigenvalue weighted by Crippen LogP contribution is 2.33. The van der Waals surface area contributed by atoms with Crippen molar-refractivity contribution in [3.05, 3.63) is 53.9 Å². The molecule has 0 aliphatic carbocycles. The van der Waals surface area contributed by atoms with Crippen LogP contribution in [0.2, 0.25) is 0 Å². The third-order valence-corrected chi connectivity index (χ3v) is 6.34. The van der Waals surface area contributed by atoms with Gasteiger partial charge in [-0.25, -0.2) is 9.78 Å². The number of carbonyl (C=O) groups is 2. The number of nitrogens with one attached hydrogen (secondary N) is 1. The van der Waals surface area contributed by atoms with Gasteiger partial charge in [0, 0.05) is 12.4 Å². The summed E-state index contributed by atoms with van der Waals surface area (Å²) in [6.45, 7) is 8.36. The zero-order valence-electron chi connectivity index (χ0n) is 22.2. The van der Waals surface area contributed by atoms with Gasteiger partial charge in [-0.3, -0.25) is 4.79 Å². The molecule has 0 aliphatic rings. The van der Waals surface area contributed by atoms with Crippen LogP contribution in [0.1, 0.15) is 44.4 Å². The summed E-state index contributed by atoms with van der Waals surface area (Å²) >= 11 is 0. The highest BCUT2D eigenvalue weighted by molar-refractivity contribution is 7.95. The fourth-order valence-electron chi connectivity index (χ4n) is 3.73. The van der Waals surface area contributed by atoms with Gasteiger partial charge in [0.1, 0.15) is 35.2 Å². The molecule has 0 bridgehead atoms. The van der Waals surface area contributed by atoms with E-state index in [9.17, 15) is 14.7 Å². The topological polar surface area (TPSA) is 112 Å². The maximum atomic E-state index is 12.2. The highest BCUT2D eigenvalue weighted by Gasteiger charge is 2.23. The number of aliphatic carboxylic acids is 1. The molecule has 0 aliphatic heterocycles. The Morgan fingerprint density at radius 2 is 1.86 bits per heavy atom. The quantitative estimate of drug-likeness (QED) is 0.264. The molecule has 200 valence electrons. The van der Waals surface area contributed by atoms with Crippen LogP contribution in [-0.2, 0) is 31.9 Å². The number of ether oxygens (including phenoxy) is 3. The van der Waals surface area contributed by atoms with Crippen LogP contribution in [0.4, 0.5) is 4.79 Å². The van der Waals surface area contributed by atoms with Crippen molar-refractivity contribution in [3.63, 3.8) is 0 Å². The summed E-state index contributed by atoms with van der Waals surface area (Å²) in [6.07, 6.45) is 7.14. The fourth-order valence-corrected chi connectivity index (χ4v) is 4.18. The lowest BCUT2D eigenvalue weighted by atomic mass is 10.0. The van der Waals surface area contributed by atoms with Crippen LogP contribution in [0, 0.1) is 6.92 Å². The summed E-state index contributed by atoms with van der Waals surface area (Å²) in [6, 6.07) is 8.03. The molecule has 1 unspecified atom stereocenters. The van der Waals surface area contributed by atoms with Crippen LogP contribution in [-0.4, -0.2) is 57.2 Å². The van der Waals surface area contributed by atoms with Crippen LogP contribution in [0.3, 0.4) is 0 Å². The molecule has 1 aromatic carbocycles. The Morgan fingerprint density at radius 1 is 1.16 bits per heavy atom. The number of aryl methyl sites for hydroxylation is 1. The first-order valence-electron chi connectivity index (χ1n) is 12.0. The second-order valence-corrected chi connectivity index (χ2v) is 12.4. The molecule has 9 nitrogen and oxygen atoms in total. The molecular weight excluding hydrogens is 494 g/mol. The largest absolute Gasteiger partial charge is 0.481 e. The van der Waals surface area contributed by atoms with Crippen molar-refractivity contribution in [2.24, 2.45) is 0 Å². The lowest BCUT2D eigenvalue weighted by Gasteiger charge is -2.23. The summed E-state index contributed by atoms with van der Waals surface area (Å²) in [7, 11) is 0.337. The number of carboxylic acid groups (broad SMARTS) is 1. The van der Waals surface area contributed by atoms with E-state index in [1.165, 1.54) is 0 Å². The minimum Gasteiger partial charge on any atom is -0.481 e. The normalized spacial score (nSPS) is 12.5. The summed E-state index contributed by atoms with van der Waals surface area (Å²) in [4.78, 5) is 28.2. The molecular formula is C27H36N3O6S+. The maximum Gasteiger partial charge on any atom is 0.408 e. The first-order chi connectivity index (χ1) is 17.4. The molecule has 2 aromatic heterocycles. The number of hydrogen-bond acceptors (Lipinski definition) is 6. The van der Waals surface area contributed by atoms with E-state index in [2.05, 4.69) is 22.8 Å². The molecule has 2 heterocycles. The monoisotopic (exact) mass is 530 g/mol. The minimum atomic E-state index is -1.03. The average Bonchev–Trinajstić information content (AvgIpc) is 3.11. The molecule has 0 spiro atoms. The van der Waals surface area contributed by atoms with Crippen LogP contribution in [0.25, 0.3) is 11.0 Å². The fraction of sp³-hybridized carbons (Fsp3) is 0.444. The van der Waals surface area contributed by atoms with Crippen LogP contribution < -0.4 is 10.1 Å². The van der Waals surface area contributed by atoms with Crippen molar-refractivity contribution in [1.82, 2.24) is 14.9 Å². The summed E-state index contributed by atoms with van der Waals surface area (Å²) < 4.78 is 19.3. The third-order valence-electron chi connectivity index (χ3n) is 5.35. The van der Waals surface area contributed by atoms with Gasteiger partial charge in [0.05, 0.1) is 37.0 Å². The molecule has 0 fully saturated rings. The van der Waals surface area contributed by atoms with Crippen LogP contribution in [0.15, 0.2) is 42.7 Å². The maximum absolute atomic E-state index is 12.2. The Balaban J connectivity index is 1.75. The van der Waals surface area contributed by atoms with Crippen molar-refractivity contribution in [1.29, 1.82) is 0 Å². The number of alkyl carbamates (subject to hydrolysis) is 1. The Bertz CT molecular complexity index is 1220. The van der Waals surface area contributed by atoms with Gasteiger partial charge in [0.15, 0.2) is 0 Å². The molecule has 1 atom stereocenters. The Hall–Kier alpha value is -3.24. The summed E-state index contributed by atoms with van der Waals surface area (Å²) in [5.74, 6) is 1.22. The standard InChI is InChI=1S/C27H35N3O6S/c1-18-16-30(17-34-13-14-37(5)6)25-24(18)22(11-12-28-25)35-20-9-7-19(8-10-20)21(15-23(31)32)29-26(33)36-27(2,3)4/h7-12,16,21H,13-15,17H2,1-6H3,(H-,29,31,32,33)/p+1. The Kier molecular flexibility index (Phi) is 9.45. The first kappa shape index (κ1) is 28.3. The van der Waals surface area contributed by atoms with Gasteiger partial charge < -0.3 is 29.2 Å². The molecule has 10 heteroatoms.